The molecule has 0 aliphatic heterocycles. The molecule has 1 fully saturated rings. The normalized spacial score (nSPS) is 17.5. The van der Waals surface area contributed by atoms with E-state index in [9.17, 15) is 8.42 Å². The van der Waals surface area contributed by atoms with Gasteiger partial charge in [0.25, 0.3) is 10.0 Å². The summed E-state index contributed by atoms with van der Waals surface area (Å²) in [7, 11) is 1.37. The number of methoxy groups -OCH3 is 1. The Balaban J connectivity index is 1.41. The molecule has 2 aromatic heterocycles. The average molecular weight is 583 g/mol. The van der Waals surface area contributed by atoms with Crippen LogP contribution in [-0.4, -0.2) is 61.6 Å². The lowest BCUT2D eigenvalue weighted by atomic mass is 9.91. The van der Waals surface area contributed by atoms with Gasteiger partial charge >= 0.3 is 0 Å². The second-order valence-corrected chi connectivity index (χ2v) is 12.1. The predicted octanol–water partition coefficient (Wildman–Crippen LogP) is 5.37. The number of hydrogen-bond donors (Lipinski definition) is 2. The summed E-state index contributed by atoms with van der Waals surface area (Å²) in [6.07, 6.45) is 5.59. The van der Waals surface area contributed by atoms with Crippen LogP contribution in [0.1, 0.15) is 31.2 Å². The lowest BCUT2D eigenvalue weighted by molar-refractivity contribution is 0.221. The summed E-state index contributed by atoms with van der Waals surface area (Å²) in [6, 6.07) is 11.0. The van der Waals surface area contributed by atoms with Crippen molar-refractivity contribution in [1.82, 2.24) is 19.9 Å². The molecule has 2 N–H and O–H groups in total. The number of hydrogen-bond acceptors (Lipinski definition) is 8. The maximum absolute atomic E-state index is 15.3. The summed E-state index contributed by atoms with van der Waals surface area (Å²) in [4.78, 5) is 15.1. The zero-order valence-electron chi connectivity index (χ0n) is 23.3. The number of ether oxygens (including phenoxy) is 1. The first kappa shape index (κ1) is 28.6. The number of anilines is 2. The van der Waals surface area contributed by atoms with Crippen molar-refractivity contribution in [1.29, 1.82) is 0 Å². The van der Waals surface area contributed by atoms with E-state index in [1.54, 1.807) is 31.2 Å². The van der Waals surface area contributed by atoms with Gasteiger partial charge in [0.2, 0.25) is 11.8 Å². The Bertz CT molecular complexity index is 1690. The highest BCUT2D eigenvalue weighted by molar-refractivity contribution is 7.92. The van der Waals surface area contributed by atoms with Gasteiger partial charge in [-0.15, -0.1) is 0 Å². The molecule has 5 rings (SSSR count). The number of aromatic nitrogens is 3. The molecule has 41 heavy (non-hydrogen) atoms. The fraction of sp³-hybridized carbons (Fsp3) is 0.345. The SMILES string of the molecule is COc1nc(NS(=O)(=O)c2ccccc2C)c(F)cc1-c1cc(F)c2nc(NC3CCC(N(C)C)CC3)ncc2c1. The van der Waals surface area contributed by atoms with Gasteiger partial charge in [0.1, 0.15) is 11.3 Å². The minimum atomic E-state index is -4.12. The number of nitrogens with one attached hydrogen (secondary N) is 2. The average Bonchev–Trinajstić information content (AvgIpc) is 2.94. The van der Waals surface area contributed by atoms with Crippen LogP contribution in [0, 0.1) is 18.6 Å². The van der Waals surface area contributed by atoms with E-state index < -0.39 is 27.5 Å². The molecule has 4 aromatic rings. The van der Waals surface area contributed by atoms with Crippen molar-refractivity contribution in [2.24, 2.45) is 0 Å². The van der Waals surface area contributed by atoms with Crippen LogP contribution in [0.2, 0.25) is 0 Å². The van der Waals surface area contributed by atoms with E-state index in [4.69, 9.17) is 4.74 Å². The quantitative estimate of drug-likeness (QED) is 0.285. The molecule has 0 saturated heterocycles. The molecule has 0 unspecified atom stereocenters. The number of sulfonamides is 1. The van der Waals surface area contributed by atoms with Crippen molar-refractivity contribution >= 4 is 32.7 Å². The van der Waals surface area contributed by atoms with Gasteiger partial charge < -0.3 is 15.0 Å². The fourth-order valence-electron chi connectivity index (χ4n) is 5.19. The van der Waals surface area contributed by atoms with Crippen molar-refractivity contribution in [2.45, 2.75) is 49.6 Å². The minimum Gasteiger partial charge on any atom is -0.480 e. The second kappa shape index (κ2) is 11.5. The molecule has 2 heterocycles. The highest BCUT2D eigenvalue weighted by atomic mass is 32.2. The third-order valence-electron chi connectivity index (χ3n) is 7.46. The van der Waals surface area contributed by atoms with Crippen LogP contribution in [0.15, 0.2) is 53.6 Å². The monoisotopic (exact) mass is 582 g/mol. The number of halogens is 2. The van der Waals surface area contributed by atoms with E-state index >= 15 is 8.78 Å². The predicted molar refractivity (Wildman–Crippen MR) is 155 cm³/mol. The minimum absolute atomic E-state index is 0.00375. The number of rotatable bonds is 8. The maximum Gasteiger partial charge on any atom is 0.263 e. The van der Waals surface area contributed by atoms with Gasteiger partial charge in [-0.1, -0.05) is 18.2 Å². The zero-order valence-corrected chi connectivity index (χ0v) is 24.1. The molecule has 0 radical (unpaired) electrons. The van der Waals surface area contributed by atoms with Crippen LogP contribution in [0.5, 0.6) is 5.88 Å². The summed E-state index contributed by atoms with van der Waals surface area (Å²) >= 11 is 0. The molecule has 0 bridgehead atoms. The van der Waals surface area contributed by atoms with Crippen molar-refractivity contribution in [3.05, 3.63) is 65.9 Å². The Morgan fingerprint density at radius 2 is 1.73 bits per heavy atom. The van der Waals surface area contributed by atoms with Crippen molar-refractivity contribution in [2.75, 3.05) is 31.2 Å². The van der Waals surface area contributed by atoms with Crippen molar-refractivity contribution in [3.63, 3.8) is 0 Å². The van der Waals surface area contributed by atoms with E-state index in [1.807, 2.05) is 0 Å². The number of pyridine rings is 1. The van der Waals surface area contributed by atoms with Crippen LogP contribution >= 0.6 is 0 Å². The van der Waals surface area contributed by atoms with Gasteiger partial charge in [0.05, 0.1) is 12.0 Å². The fourth-order valence-corrected chi connectivity index (χ4v) is 6.45. The summed E-state index contributed by atoms with van der Waals surface area (Å²) in [6.45, 7) is 1.63. The topological polar surface area (TPSA) is 109 Å². The third-order valence-corrected chi connectivity index (χ3v) is 8.96. The van der Waals surface area contributed by atoms with Crippen LogP contribution in [0.3, 0.4) is 0 Å². The van der Waals surface area contributed by atoms with Gasteiger partial charge in [0.15, 0.2) is 11.6 Å². The third kappa shape index (κ3) is 6.08. The van der Waals surface area contributed by atoms with E-state index in [2.05, 4.69) is 44.0 Å². The number of nitrogens with zero attached hydrogens (tertiary/aromatic N) is 4. The Labute approximate surface area is 238 Å². The van der Waals surface area contributed by atoms with E-state index in [-0.39, 0.29) is 33.5 Å². The maximum atomic E-state index is 15.3. The van der Waals surface area contributed by atoms with Crippen LogP contribution in [0.4, 0.5) is 20.5 Å². The standard InChI is InChI=1S/C29H32F2N6O3S/c1-17-7-5-6-8-25(17)41(38,39)36-27-24(31)15-22(28(35-27)40-4)18-13-19-16-32-29(34-26(19)23(30)14-18)33-20-9-11-21(12-10-20)37(2)3/h5-8,13-16,20-21H,9-12H2,1-4H3,(H,35,36)(H,32,33,34). The molecule has 1 saturated carbocycles. The largest absolute Gasteiger partial charge is 0.480 e. The van der Waals surface area contributed by atoms with Gasteiger partial charge in [0, 0.05) is 29.2 Å². The first-order chi connectivity index (χ1) is 19.6. The smallest absolute Gasteiger partial charge is 0.263 e. The Morgan fingerprint density at radius 1 is 1.00 bits per heavy atom. The molecular formula is C29H32F2N6O3S. The van der Waals surface area contributed by atoms with E-state index in [0.717, 1.165) is 31.7 Å². The molecule has 0 spiro atoms. The second-order valence-electron chi connectivity index (χ2n) is 10.4. The number of fused-ring (bicyclic) bond motifs is 1. The highest BCUT2D eigenvalue weighted by Gasteiger charge is 2.24. The van der Waals surface area contributed by atoms with Gasteiger partial charge in [-0.25, -0.2) is 27.2 Å². The van der Waals surface area contributed by atoms with E-state index in [1.165, 1.54) is 25.4 Å². The molecule has 216 valence electrons. The molecule has 0 atom stereocenters. The van der Waals surface area contributed by atoms with Crippen molar-refractivity contribution in [3.8, 4) is 17.0 Å². The summed E-state index contributed by atoms with van der Waals surface area (Å²) in [5.74, 6) is -1.83. The first-order valence-electron chi connectivity index (χ1n) is 13.3. The Hall–Kier alpha value is -3.90. The zero-order chi connectivity index (χ0) is 29.3. The van der Waals surface area contributed by atoms with Gasteiger partial charge in [-0.05, 0) is 82.1 Å². The summed E-state index contributed by atoms with van der Waals surface area (Å²) in [5, 5.41) is 3.74. The lowest BCUT2D eigenvalue weighted by Gasteiger charge is -2.32. The van der Waals surface area contributed by atoms with E-state index in [0.29, 0.717) is 22.9 Å². The first-order valence-corrected chi connectivity index (χ1v) is 14.8. The number of benzene rings is 2. The lowest BCUT2D eigenvalue weighted by Crippen LogP contribution is -2.36. The molecule has 1 aliphatic rings. The molecular weight excluding hydrogens is 550 g/mol. The number of aryl methyl sites for hydroxylation is 1. The van der Waals surface area contributed by atoms with Crippen LogP contribution < -0.4 is 14.8 Å². The molecule has 12 heteroatoms. The highest BCUT2D eigenvalue weighted by Crippen LogP contribution is 2.35. The summed E-state index contributed by atoms with van der Waals surface area (Å²) in [5.41, 5.74) is 1.04. The summed E-state index contributed by atoms with van der Waals surface area (Å²) < 4.78 is 63.8. The Morgan fingerprint density at radius 3 is 2.41 bits per heavy atom. The van der Waals surface area contributed by atoms with Crippen molar-refractivity contribution < 1.29 is 21.9 Å². The molecule has 1 aliphatic carbocycles. The van der Waals surface area contributed by atoms with Crippen LogP contribution in [0.25, 0.3) is 22.0 Å². The van der Waals surface area contributed by atoms with Gasteiger partial charge in [-0.2, -0.15) is 4.98 Å². The van der Waals surface area contributed by atoms with Crippen LogP contribution in [-0.2, 0) is 10.0 Å². The van der Waals surface area contributed by atoms with Gasteiger partial charge in [-0.3, -0.25) is 4.72 Å². The Kier molecular flexibility index (Phi) is 8.05. The molecule has 2 aromatic carbocycles. The molecule has 9 nitrogen and oxygen atoms in total. The molecule has 0 amide bonds.